The maximum Gasteiger partial charge on any atom is 0.191 e. The van der Waals surface area contributed by atoms with Gasteiger partial charge in [-0.15, -0.1) is 11.3 Å². The lowest BCUT2D eigenvalue weighted by Crippen LogP contribution is -2.39. The maximum absolute atomic E-state index is 5.52. The van der Waals surface area contributed by atoms with Crippen molar-refractivity contribution in [2.24, 2.45) is 4.99 Å². The normalized spacial score (nSPS) is 11.7. The molecular formula is C17H32N4O2S. The summed E-state index contributed by atoms with van der Waals surface area (Å²) in [6.45, 7) is 8.61. The molecule has 1 rings (SSSR count). The summed E-state index contributed by atoms with van der Waals surface area (Å²) in [5.74, 6) is 0.795. The van der Waals surface area contributed by atoms with Crippen LogP contribution in [0.15, 0.2) is 10.4 Å². The first-order valence-electron chi connectivity index (χ1n) is 8.83. The topological polar surface area (TPSA) is 67.8 Å². The number of hydrogen-bond donors (Lipinski definition) is 2. The van der Waals surface area contributed by atoms with E-state index in [1.807, 2.05) is 0 Å². The van der Waals surface area contributed by atoms with E-state index < -0.39 is 0 Å². The van der Waals surface area contributed by atoms with Gasteiger partial charge in [-0.3, -0.25) is 4.99 Å². The van der Waals surface area contributed by atoms with E-state index in [2.05, 4.69) is 39.8 Å². The molecule has 0 unspecified atom stereocenters. The number of thiazole rings is 1. The van der Waals surface area contributed by atoms with Crippen LogP contribution in [0, 0.1) is 0 Å². The Labute approximate surface area is 150 Å². The first-order valence-corrected chi connectivity index (χ1v) is 9.71. The van der Waals surface area contributed by atoms with Crippen LogP contribution < -0.4 is 10.6 Å². The fourth-order valence-electron chi connectivity index (χ4n) is 1.97. The Kier molecular flexibility index (Phi) is 12.3. The van der Waals surface area contributed by atoms with Gasteiger partial charge >= 0.3 is 0 Å². The van der Waals surface area contributed by atoms with Crippen LogP contribution in [0.2, 0.25) is 0 Å². The Morgan fingerprint density at radius 3 is 2.54 bits per heavy atom. The molecule has 0 radical (unpaired) electrons. The molecular weight excluding hydrogens is 324 g/mol. The largest absolute Gasteiger partial charge is 0.379 e. The van der Waals surface area contributed by atoms with Crippen LogP contribution in [0.4, 0.5) is 0 Å². The molecule has 0 saturated carbocycles. The van der Waals surface area contributed by atoms with Crippen LogP contribution in [-0.2, 0) is 22.3 Å². The molecule has 0 aromatic carbocycles. The number of ether oxygens (including phenoxy) is 2. The van der Waals surface area contributed by atoms with E-state index in [1.54, 1.807) is 18.4 Å². The van der Waals surface area contributed by atoms with E-state index in [0.29, 0.717) is 19.8 Å². The first kappa shape index (κ1) is 20.9. The smallest absolute Gasteiger partial charge is 0.191 e. The molecule has 1 heterocycles. The number of nitrogens with one attached hydrogen (secondary N) is 2. The van der Waals surface area contributed by atoms with Crippen LogP contribution in [-0.4, -0.2) is 57.5 Å². The summed E-state index contributed by atoms with van der Waals surface area (Å²) in [5.41, 5.74) is 1.14. The van der Waals surface area contributed by atoms with Gasteiger partial charge in [-0.2, -0.15) is 0 Å². The van der Waals surface area contributed by atoms with Crippen molar-refractivity contribution in [2.75, 3.05) is 46.6 Å². The number of rotatable bonds is 13. The van der Waals surface area contributed by atoms with Crippen LogP contribution in [0.5, 0.6) is 0 Å². The molecule has 0 spiro atoms. The fraction of sp³-hybridized carbons (Fsp3) is 0.765. The van der Waals surface area contributed by atoms with E-state index in [4.69, 9.17) is 9.47 Å². The lowest BCUT2D eigenvalue weighted by atomic mass is 10.3. The predicted molar refractivity (Wildman–Crippen MR) is 101 cm³/mol. The zero-order valence-corrected chi connectivity index (χ0v) is 16.1. The van der Waals surface area contributed by atoms with E-state index in [1.165, 1.54) is 11.4 Å². The van der Waals surface area contributed by atoms with Crippen LogP contribution in [0.3, 0.4) is 0 Å². The van der Waals surface area contributed by atoms with Crippen molar-refractivity contribution < 1.29 is 9.47 Å². The predicted octanol–water partition coefficient (Wildman–Crippen LogP) is 2.25. The molecule has 0 aliphatic carbocycles. The minimum absolute atomic E-state index is 0.640. The molecule has 7 heteroatoms. The fourth-order valence-corrected chi connectivity index (χ4v) is 2.74. The number of guanidine groups is 1. The highest BCUT2D eigenvalue weighted by Crippen LogP contribution is 2.10. The molecule has 0 atom stereocenters. The summed E-state index contributed by atoms with van der Waals surface area (Å²) in [5, 5.41) is 9.86. The van der Waals surface area contributed by atoms with Crippen molar-refractivity contribution >= 4 is 17.3 Å². The quantitative estimate of drug-likeness (QED) is 0.322. The minimum atomic E-state index is 0.640. The average molecular weight is 357 g/mol. The van der Waals surface area contributed by atoms with Gasteiger partial charge in [-0.1, -0.05) is 20.3 Å². The number of unbranched alkanes of at least 4 members (excludes halogenated alkanes) is 1. The molecule has 24 heavy (non-hydrogen) atoms. The number of nitrogens with zero attached hydrogens (tertiary/aromatic N) is 2. The van der Waals surface area contributed by atoms with E-state index >= 15 is 0 Å². The molecule has 0 aliphatic rings. The lowest BCUT2D eigenvalue weighted by Gasteiger charge is -2.11. The van der Waals surface area contributed by atoms with Gasteiger partial charge in [0, 0.05) is 38.5 Å². The van der Waals surface area contributed by atoms with Gasteiger partial charge in [0.15, 0.2) is 5.96 Å². The summed E-state index contributed by atoms with van der Waals surface area (Å²) >= 11 is 1.73. The van der Waals surface area contributed by atoms with Crippen LogP contribution in [0.25, 0.3) is 0 Å². The van der Waals surface area contributed by atoms with Crippen molar-refractivity contribution in [3.8, 4) is 0 Å². The van der Waals surface area contributed by atoms with Crippen molar-refractivity contribution in [1.29, 1.82) is 0 Å². The number of hydrogen-bond acceptors (Lipinski definition) is 5. The van der Waals surface area contributed by atoms with E-state index in [0.717, 1.165) is 50.6 Å². The van der Waals surface area contributed by atoms with Gasteiger partial charge in [0.25, 0.3) is 0 Å². The Balaban J connectivity index is 2.00. The molecule has 6 nitrogen and oxygen atoms in total. The third kappa shape index (κ3) is 9.85. The molecule has 138 valence electrons. The van der Waals surface area contributed by atoms with Crippen molar-refractivity contribution in [3.63, 3.8) is 0 Å². The minimum Gasteiger partial charge on any atom is -0.379 e. The molecule has 0 aliphatic heterocycles. The van der Waals surface area contributed by atoms with Gasteiger partial charge < -0.3 is 20.1 Å². The zero-order valence-electron chi connectivity index (χ0n) is 15.3. The standard InChI is InChI=1S/C17H32N4O2S/c1-4-6-10-22-12-13-23-11-9-20-17(18-3)19-8-7-15-14-24-16(5-2)21-15/h14H,4-13H2,1-3H3,(H2,18,19,20). The van der Waals surface area contributed by atoms with Crippen molar-refractivity contribution in [2.45, 2.75) is 39.5 Å². The second-order valence-corrected chi connectivity index (χ2v) is 6.28. The van der Waals surface area contributed by atoms with Gasteiger partial charge in [0.1, 0.15) is 0 Å². The monoisotopic (exact) mass is 356 g/mol. The molecule has 1 aromatic rings. The third-order valence-corrected chi connectivity index (χ3v) is 4.39. The Bertz CT molecular complexity index is 452. The Morgan fingerprint density at radius 2 is 1.88 bits per heavy atom. The summed E-state index contributed by atoms with van der Waals surface area (Å²) in [4.78, 5) is 8.76. The molecule has 0 amide bonds. The molecule has 2 N–H and O–H groups in total. The van der Waals surface area contributed by atoms with Crippen LogP contribution >= 0.6 is 11.3 Å². The van der Waals surface area contributed by atoms with E-state index in [9.17, 15) is 0 Å². The Hall–Kier alpha value is -1.18. The zero-order chi connectivity index (χ0) is 17.5. The Morgan fingerprint density at radius 1 is 1.12 bits per heavy atom. The highest BCUT2D eigenvalue weighted by atomic mass is 32.1. The van der Waals surface area contributed by atoms with Gasteiger partial charge in [-0.25, -0.2) is 4.98 Å². The number of aromatic nitrogens is 1. The average Bonchev–Trinajstić information content (AvgIpc) is 3.06. The van der Waals surface area contributed by atoms with E-state index in [-0.39, 0.29) is 0 Å². The maximum atomic E-state index is 5.52. The lowest BCUT2D eigenvalue weighted by molar-refractivity contribution is 0.0487. The molecule has 0 fully saturated rings. The summed E-state index contributed by atoms with van der Waals surface area (Å²) < 4.78 is 11.0. The van der Waals surface area contributed by atoms with Crippen molar-refractivity contribution in [3.05, 3.63) is 16.1 Å². The van der Waals surface area contributed by atoms with Crippen LogP contribution in [0.1, 0.15) is 37.4 Å². The molecule has 0 bridgehead atoms. The summed E-state index contributed by atoms with van der Waals surface area (Å²) in [7, 11) is 1.77. The SMILES string of the molecule is CCCCOCCOCCNC(=NC)NCCc1csc(CC)n1. The second-order valence-electron chi connectivity index (χ2n) is 5.34. The molecule has 0 saturated heterocycles. The summed E-state index contributed by atoms with van der Waals surface area (Å²) in [6.07, 6.45) is 4.19. The van der Waals surface area contributed by atoms with Gasteiger partial charge in [-0.05, 0) is 12.8 Å². The first-order chi connectivity index (χ1) is 11.8. The second kappa shape index (κ2) is 14.2. The highest BCUT2D eigenvalue weighted by molar-refractivity contribution is 7.09. The van der Waals surface area contributed by atoms with Crippen molar-refractivity contribution in [1.82, 2.24) is 15.6 Å². The van der Waals surface area contributed by atoms with Gasteiger partial charge in [0.2, 0.25) is 0 Å². The number of aryl methyl sites for hydroxylation is 1. The van der Waals surface area contributed by atoms with Gasteiger partial charge in [0.05, 0.1) is 30.5 Å². The molecule has 1 aromatic heterocycles. The third-order valence-electron chi connectivity index (χ3n) is 3.35. The number of aliphatic imine (C=N–C) groups is 1. The highest BCUT2D eigenvalue weighted by Gasteiger charge is 2.01. The summed E-state index contributed by atoms with van der Waals surface area (Å²) in [6, 6.07) is 0.